The number of amides is 1. The lowest BCUT2D eigenvalue weighted by Crippen LogP contribution is -2.40. The average molecular weight is 396 g/mol. The number of nitrogens with one attached hydrogen (secondary N) is 1. The van der Waals surface area contributed by atoms with E-state index in [1.54, 1.807) is 24.1 Å². The standard InChI is InChI=1S/C23H28N2O4/c1-25(20-10-6-3-7-11-20)22(26)16-29-23(27)17-28-21-14-12-19(13-15-21)24-18-8-4-2-5-9-18/h2,4-5,8-9,12-15,20,24H,3,6-7,10-11,16-17H2,1H3. The third-order valence-electron chi connectivity index (χ3n) is 5.15. The SMILES string of the molecule is CN(C(=O)COC(=O)COc1ccc(Nc2ccccc2)cc1)C1CCCCC1. The van der Waals surface area contributed by atoms with E-state index in [0.29, 0.717) is 5.75 Å². The summed E-state index contributed by atoms with van der Waals surface area (Å²) < 4.78 is 10.5. The topological polar surface area (TPSA) is 67.9 Å². The van der Waals surface area contributed by atoms with Gasteiger partial charge in [0.25, 0.3) is 5.91 Å². The van der Waals surface area contributed by atoms with Gasteiger partial charge in [0.15, 0.2) is 13.2 Å². The zero-order chi connectivity index (χ0) is 20.5. The molecule has 0 atom stereocenters. The van der Waals surface area contributed by atoms with Crippen LogP contribution in [0.1, 0.15) is 32.1 Å². The molecule has 6 nitrogen and oxygen atoms in total. The van der Waals surface area contributed by atoms with Gasteiger partial charge in [0.1, 0.15) is 5.75 Å². The van der Waals surface area contributed by atoms with Crippen LogP contribution < -0.4 is 10.1 Å². The lowest BCUT2D eigenvalue weighted by Gasteiger charge is -2.31. The van der Waals surface area contributed by atoms with Crippen LogP contribution in [0.3, 0.4) is 0 Å². The maximum Gasteiger partial charge on any atom is 0.344 e. The summed E-state index contributed by atoms with van der Waals surface area (Å²) in [6.45, 7) is -0.471. The van der Waals surface area contributed by atoms with Gasteiger partial charge in [0.2, 0.25) is 0 Å². The molecule has 29 heavy (non-hydrogen) atoms. The molecule has 0 spiro atoms. The summed E-state index contributed by atoms with van der Waals surface area (Å²) in [6, 6.07) is 17.4. The zero-order valence-corrected chi connectivity index (χ0v) is 16.8. The molecule has 1 fully saturated rings. The highest BCUT2D eigenvalue weighted by Crippen LogP contribution is 2.22. The van der Waals surface area contributed by atoms with E-state index in [9.17, 15) is 9.59 Å². The van der Waals surface area contributed by atoms with Crippen molar-refractivity contribution >= 4 is 23.3 Å². The third kappa shape index (κ3) is 6.52. The van der Waals surface area contributed by atoms with Gasteiger partial charge in [0.05, 0.1) is 0 Å². The highest BCUT2D eigenvalue weighted by molar-refractivity contribution is 5.81. The summed E-state index contributed by atoms with van der Waals surface area (Å²) in [6.07, 6.45) is 5.57. The molecule has 0 aromatic heterocycles. The summed E-state index contributed by atoms with van der Waals surface area (Å²) in [5.41, 5.74) is 1.91. The van der Waals surface area contributed by atoms with Gasteiger partial charge < -0.3 is 19.7 Å². The molecule has 0 aliphatic heterocycles. The normalized spacial score (nSPS) is 14.1. The van der Waals surface area contributed by atoms with Gasteiger partial charge in [-0.2, -0.15) is 0 Å². The predicted molar refractivity (Wildman–Crippen MR) is 112 cm³/mol. The number of carbonyl (C=O) groups excluding carboxylic acids is 2. The molecule has 1 N–H and O–H groups in total. The molecule has 0 bridgehead atoms. The first-order chi connectivity index (χ1) is 14.1. The van der Waals surface area contributed by atoms with Crippen LogP contribution in [0.5, 0.6) is 5.75 Å². The van der Waals surface area contributed by atoms with Crippen LogP contribution in [0.4, 0.5) is 11.4 Å². The van der Waals surface area contributed by atoms with Crippen molar-refractivity contribution in [3.05, 3.63) is 54.6 Å². The number of likely N-dealkylation sites (N-methyl/N-ethyl adjacent to an activating group) is 1. The Labute approximate surface area is 171 Å². The van der Waals surface area contributed by atoms with Crippen molar-refractivity contribution in [2.45, 2.75) is 38.1 Å². The van der Waals surface area contributed by atoms with Crippen molar-refractivity contribution in [1.29, 1.82) is 0 Å². The molecule has 2 aromatic carbocycles. The van der Waals surface area contributed by atoms with Crippen LogP contribution in [0, 0.1) is 0 Å². The number of nitrogens with zero attached hydrogens (tertiary/aromatic N) is 1. The van der Waals surface area contributed by atoms with E-state index in [2.05, 4.69) is 5.32 Å². The van der Waals surface area contributed by atoms with Crippen molar-refractivity contribution < 1.29 is 19.1 Å². The minimum absolute atomic E-state index is 0.165. The van der Waals surface area contributed by atoms with E-state index >= 15 is 0 Å². The van der Waals surface area contributed by atoms with Gasteiger partial charge in [0, 0.05) is 24.5 Å². The molecular formula is C23H28N2O4. The molecule has 1 aliphatic carbocycles. The van der Waals surface area contributed by atoms with E-state index < -0.39 is 5.97 Å². The zero-order valence-electron chi connectivity index (χ0n) is 16.8. The predicted octanol–water partition coefficient (Wildman–Crippen LogP) is 4.14. The Hall–Kier alpha value is -3.02. The number of anilines is 2. The summed E-state index contributed by atoms with van der Waals surface area (Å²) >= 11 is 0. The minimum Gasteiger partial charge on any atom is -0.482 e. The molecule has 3 rings (SSSR count). The van der Waals surface area contributed by atoms with Crippen molar-refractivity contribution in [3.63, 3.8) is 0 Å². The fourth-order valence-corrected chi connectivity index (χ4v) is 3.42. The number of benzene rings is 2. The largest absolute Gasteiger partial charge is 0.482 e. The van der Waals surface area contributed by atoms with Gasteiger partial charge in [-0.3, -0.25) is 4.79 Å². The molecule has 154 valence electrons. The summed E-state index contributed by atoms with van der Waals surface area (Å²) in [7, 11) is 1.79. The smallest absolute Gasteiger partial charge is 0.344 e. The first kappa shape index (κ1) is 20.7. The molecule has 0 heterocycles. The number of hydrogen-bond acceptors (Lipinski definition) is 5. The lowest BCUT2D eigenvalue weighted by atomic mass is 9.94. The highest BCUT2D eigenvalue weighted by atomic mass is 16.6. The molecule has 0 radical (unpaired) electrons. The number of esters is 1. The fourth-order valence-electron chi connectivity index (χ4n) is 3.42. The van der Waals surface area contributed by atoms with E-state index in [4.69, 9.17) is 9.47 Å². The van der Waals surface area contributed by atoms with Crippen molar-refractivity contribution in [2.24, 2.45) is 0 Å². The van der Waals surface area contributed by atoms with Gasteiger partial charge in [-0.15, -0.1) is 0 Å². The Morgan fingerprint density at radius 1 is 0.931 bits per heavy atom. The maximum absolute atomic E-state index is 12.2. The van der Waals surface area contributed by atoms with Crippen LogP contribution in [-0.4, -0.2) is 43.1 Å². The van der Waals surface area contributed by atoms with Crippen LogP contribution in [-0.2, 0) is 14.3 Å². The first-order valence-electron chi connectivity index (χ1n) is 10.1. The number of para-hydroxylation sites is 1. The van der Waals surface area contributed by atoms with E-state index in [-0.39, 0.29) is 25.2 Å². The second-order valence-electron chi connectivity index (χ2n) is 7.26. The summed E-state index contributed by atoms with van der Waals surface area (Å²) in [5, 5.41) is 3.28. The second-order valence-corrected chi connectivity index (χ2v) is 7.26. The maximum atomic E-state index is 12.2. The Kier molecular flexibility index (Phi) is 7.50. The molecule has 0 saturated heterocycles. The van der Waals surface area contributed by atoms with Crippen LogP contribution in [0.15, 0.2) is 54.6 Å². The number of ether oxygens (including phenoxy) is 2. The minimum atomic E-state index is -0.554. The number of carbonyl (C=O) groups is 2. The van der Waals surface area contributed by atoms with Gasteiger partial charge in [-0.05, 0) is 49.2 Å². The summed E-state index contributed by atoms with van der Waals surface area (Å²) in [5.74, 6) is -0.158. The van der Waals surface area contributed by atoms with E-state index in [0.717, 1.165) is 37.1 Å². The first-order valence-corrected chi connectivity index (χ1v) is 10.1. The van der Waals surface area contributed by atoms with E-state index in [1.807, 2.05) is 42.5 Å². The Balaban J connectivity index is 1.38. The molecule has 1 amide bonds. The van der Waals surface area contributed by atoms with Gasteiger partial charge >= 0.3 is 5.97 Å². The lowest BCUT2D eigenvalue weighted by molar-refractivity contribution is -0.154. The quantitative estimate of drug-likeness (QED) is 0.679. The summed E-state index contributed by atoms with van der Waals surface area (Å²) in [4.78, 5) is 25.8. The second kappa shape index (κ2) is 10.5. The molecule has 2 aromatic rings. The third-order valence-corrected chi connectivity index (χ3v) is 5.15. The Morgan fingerprint density at radius 2 is 1.59 bits per heavy atom. The molecule has 6 heteroatoms. The molecular weight excluding hydrogens is 368 g/mol. The average Bonchev–Trinajstić information content (AvgIpc) is 2.77. The van der Waals surface area contributed by atoms with Crippen LogP contribution in [0.2, 0.25) is 0 Å². The van der Waals surface area contributed by atoms with Crippen LogP contribution >= 0.6 is 0 Å². The number of hydrogen-bond donors (Lipinski definition) is 1. The number of rotatable bonds is 8. The van der Waals surface area contributed by atoms with E-state index in [1.165, 1.54) is 6.42 Å². The fraction of sp³-hybridized carbons (Fsp3) is 0.391. The molecule has 0 unspecified atom stereocenters. The highest BCUT2D eigenvalue weighted by Gasteiger charge is 2.22. The Bertz CT molecular complexity index is 786. The van der Waals surface area contributed by atoms with Crippen LogP contribution in [0.25, 0.3) is 0 Å². The molecule has 1 saturated carbocycles. The monoisotopic (exact) mass is 396 g/mol. The van der Waals surface area contributed by atoms with Crippen molar-refractivity contribution in [1.82, 2.24) is 4.90 Å². The molecule has 1 aliphatic rings. The van der Waals surface area contributed by atoms with Crippen molar-refractivity contribution in [2.75, 3.05) is 25.6 Å². The van der Waals surface area contributed by atoms with Gasteiger partial charge in [-0.25, -0.2) is 4.79 Å². The van der Waals surface area contributed by atoms with Gasteiger partial charge in [-0.1, -0.05) is 37.5 Å². The van der Waals surface area contributed by atoms with Crippen molar-refractivity contribution in [3.8, 4) is 5.75 Å². The Morgan fingerprint density at radius 3 is 2.28 bits per heavy atom.